The molecule has 0 aliphatic carbocycles. The highest BCUT2D eigenvalue weighted by Gasteiger charge is 2.44. The summed E-state index contributed by atoms with van der Waals surface area (Å²) < 4.78 is 5.01. The van der Waals surface area contributed by atoms with E-state index in [1.54, 1.807) is 0 Å². The summed E-state index contributed by atoms with van der Waals surface area (Å²) in [5, 5.41) is 13.9. The van der Waals surface area contributed by atoms with Crippen molar-refractivity contribution >= 4 is 41.8 Å². The number of ketones is 1. The average molecular weight is 503 g/mol. The molecule has 0 saturated carbocycles. The Bertz CT molecular complexity index is 1070. The largest absolute Gasteiger partial charge is 0.497 e. The van der Waals surface area contributed by atoms with Crippen LogP contribution in [0.15, 0.2) is 24.3 Å². The number of urea groups is 1. The minimum absolute atomic E-state index is 0.0434. The van der Waals surface area contributed by atoms with Crippen LogP contribution >= 0.6 is 0 Å². The van der Waals surface area contributed by atoms with E-state index in [4.69, 9.17) is 9.84 Å². The van der Waals surface area contributed by atoms with Gasteiger partial charge < -0.3 is 20.0 Å². The summed E-state index contributed by atoms with van der Waals surface area (Å²) in [5.74, 6) is -4.22. The summed E-state index contributed by atoms with van der Waals surface area (Å²) in [6.07, 6.45) is -0.107. The van der Waals surface area contributed by atoms with Crippen molar-refractivity contribution in [2.45, 2.75) is 37.8 Å². The van der Waals surface area contributed by atoms with Gasteiger partial charge in [0.25, 0.3) is 5.78 Å². The van der Waals surface area contributed by atoms with Crippen molar-refractivity contribution < 1.29 is 43.4 Å². The maximum absolute atomic E-state index is 13.3. The molecule has 0 unspecified atom stereocenters. The van der Waals surface area contributed by atoms with Gasteiger partial charge >= 0.3 is 17.9 Å². The van der Waals surface area contributed by atoms with Gasteiger partial charge in [-0.2, -0.15) is 0 Å². The fraction of sp³-hybridized carbons (Fsp3) is 0.409. The molecule has 2 heterocycles. The normalized spacial score (nSPS) is 18.5. The third kappa shape index (κ3) is 5.76. The third-order valence-electron chi connectivity index (χ3n) is 5.65. The van der Waals surface area contributed by atoms with Gasteiger partial charge in [-0.05, 0) is 37.1 Å². The zero-order chi connectivity index (χ0) is 26.4. The van der Waals surface area contributed by atoms with Crippen LogP contribution in [0.25, 0.3) is 0 Å². The van der Waals surface area contributed by atoms with Crippen LogP contribution < -0.4 is 15.5 Å². The van der Waals surface area contributed by atoms with Crippen molar-refractivity contribution in [3.8, 4) is 5.75 Å². The average Bonchev–Trinajstić information content (AvgIpc) is 2.99. The van der Waals surface area contributed by atoms with Gasteiger partial charge in [-0.15, -0.1) is 0 Å². The number of hydrazine groups is 2. The van der Waals surface area contributed by atoms with Crippen LogP contribution in [0.5, 0.6) is 5.75 Å². The van der Waals surface area contributed by atoms with Crippen molar-refractivity contribution in [2.24, 2.45) is 0 Å². The minimum atomic E-state index is -1.33. The first-order valence-corrected chi connectivity index (χ1v) is 11.0. The van der Waals surface area contributed by atoms with Crippen LogP contribution in [-0.2, 0) is 24.0 Å². The van der Waals surface area contributed by atoms with Gasteiger partial charge in [-0.3, -0.25) is 29.4 Å². The number of fused-ring (bicyclic) bond motifs is 1. The van der Waals surface area contributed by atoms with Crippen LogP contribution in [0.1, 0.15) is 36.0 Å². The van der Waals surface area contributed by atoms with E-state index < -0.39 is 54.0 Å². The van der Waals surface area contributed by atoms with Crippen molar-refractivity contribution in [1.82, 2.24) is 25.8 Å². The van der Waals surface area contributed by atoms with Crippen molar-refractivity contribution in [1.29, 1.82) is 0 Å². The molecule has 5 amide bonds. The predicted octanol–water partition coefficient (Wildman–Crippen LogP) is -0.899. The van der Waals surface area contributed by atoms with Gasteiger partial charge in [0, 0.05) is 18.5 Å². The number of carbonyl (C=O) groups is 7. The third-order valence-corrected chi connectivity index (χ3v) is 5.65. The second kappa shape index (κ2) is 11.3. The molecular weight excluding hydrogens is 478 g/mol. The lowest BCUT2D eigenvalue weighted by Crippen LogP contribution is -2.65. The number of rotatable bonds is 9. The maximum Gasteiger partial charge on any atom is 0.358 e. The number of nitrogens with one attached hydrogen (secondary N) is 2. The number of aliphatic carboxylic acids is 1. The molecule has 3 N–H and O–H groups in total. The first kappa shape index (κ1) is 26.1. The Morgan fingerprint density at radius 1 is 1.17 bits per heavy atom. The molecule has 2 saturated heterocycles. The Hall–Kier alpha value is -4.49. The molecule has 2 aliphatic rings. The summed E-state index contributed by atoms with van der Waals surface area (Å²) in [4.78, 5) is 86.1. The Kier molecular flexibility index (Phi) is 8.19. The van der Waals surface area contributed by atoms with Gasteiger partial charge in [0.2, 0.25) is 11.8 Å². The van der Waals surface area contributed by atoms with E-state index in [2.05, 4.69) is 10.7 Å². The van der Waals surface area contributed by atoms with Gasteiger partial charge in [-0.1, -0.05) is 0 Å². The van der Waals surface area contributed by atoms with Crippen molar-refractivity contribution in [2.75, 3.05) is 20.2 Å². The zero-order valence-electron chi connectivity index (χ0n) is 19.3. The molecule has 3 rings (SSSR count). The van der Waals surface area contributed by atoms with E-state index in [0.29, 0.717) is 12.2 Å². The molecule has 2 aliphatic heterocycles. The predicted molar refractivity (Wildman–Crippen MR) is 119 cm³/mol. The van der Waals surface area contributed by atoms with Gasteiger partial charge in [0.05, 0.1) is 26.1 Å². The summed E-state index contributed by atoms with van der Waals surface area (Å²) >= 11 is 0. The molecule has 14 heteroatoms. The quantitative estimate of drug-likeness (QED) is 0.218. The van der Waals surface area contributed by atoms with E-state index in [9.17, 15) is 33.6 Å². The number of nitrogens with zero attached hydrogens (tertiary/aromatic N) is 3. The molecule has 1 aromatic carbocycles. The number of carbonyl (C=O) groups excluding carboxylic acids is 6. The zero-order valence-corrected chi connectivity index (χ0v) is 19.3. The molecule has 0 aromatic heterocycles. The lowest BCUT2D eigenvalue weighted by atomic mass is 10.1. The van der Waals surface area contributed by atoms with Gasteiger partial charge in [-0.25, -0.2) is 19.8 Å². The monoisotopic (exact) mass is 503 g/mol. The Morgan fingerprint density at radius 3 is 2.47 bits per heavy atom. The molecule has 14 nitrogen and oxygen atoms in total. The molecule has 2 atom stereocenters. The molecule has 0 spiro atoms. The fourth-order valence-corrected chi connectivity index (χ4v) is 3.86. The first-order chi connectivity index (χ1) is 17.2. The number of aldehydes is 1. The number of amides is 5. The number of methoxy groups -OCH3 is 1. The van der Waals surface area contributed by atoms with E-state index >= 15 is 0 Å². The van der Waals surface area contributed by atoms with Crippen molar-refractivity contribution in [3.05, 3.63) is 29.8 Å². The van der Waals surface area contributed by atoms with Crippen LogP contribution in [-0.4, -0.2) is 94.2 Å². The number of carboxylic acids is 1. The second-order valence-electron chi connectivity index (χ2n) is 8.05. The highest BCUT2D eigenvalue weighted by Crippen LogP contribution is 2.24. The first-order valence-electron chi connectivity index (χ1n) is 11.0. The van der Waals surface area contributed by atoms with Gasteiger partial charge in [0.1, 0.15) is 18.1 Å². The molecule has 0 radical (unpaired) electrons. The molecule has 192 valence electrons. The fourth-order valence-electron chi connectivity index (χ4n) is 3.86. The van der Waals surface area contributed by atoms with E-state index in [0.717, 1.165) is 15.0 Å². The molecular formula is C22H25N5O9. The number of benzene rings is 1. The number of Topliss-reactive ketones (excluding diaryl/α,β-unsaturated/α-hetero) is 1. The van der Waals surface area contributed by atoms with Crippen LogP contribution in [0.4, 0.5) is 4.79 Å². The molecule has 0 bridgehead atoms. The molecule has 36 heavy (non-hydrogen) atoms. The molecule has 2 fully saturated rings. The number of hydrogen-bond acceptors (Lipinski definition) is 8. The smallest absolute Gasteiger partial charge is 0.358 e. The van der Waals surface area contributed by atoms with Crippen LogP contribution in [0, 0.1) is 0 Å². The second-order valence-corrected chi connectivity index (χ2v) is 8.05. The summed E-state index contributed by atoms with van der Waals surface area (Å²) in [6.45, 7) is -0.121. The lowest BCUT2D eigenvalue weighted by molar-refractivity contribution is -0.155. The minimum Gasteiger partial charge on any atom is -0.497 e. The Balaban J connectivity index is 1.78. The number of carboxylic acid groups (broad SMARTS) is 1. The Labute approximate surface area is 205 Å². The maximum atomic E-state index is 13.3. The topological polar surface area (TPSA) is 183 Å². The van der Waals surface area contributed by atoms with E-state index in [1.807, 2.05) is 0 Å². The van der Waals surface area contributed by atoms with E-state index in [-0.39, 0.29) is 37.8 Å². The highest BCUT2D eigenvalue weighted by molar-refractivity contribution is 6.42. The van der Waals surface area contributed by atoms with Crippen LogP contribution in [0.2, 0.25) is 0 Å². The number of ether oxygens (including phenoxy) is 1. The SMILES string of the molecule is COc1ccc(C(=O)C(=O)NN2CCC(=O)N3CCC[C@@H](C(=O)N[C@H](C=O)CC(=O)O)N3C2=O)cc1. The standard InChI is InChI=1S/C22H25N5O9/c1-36-15-6-4-13(5-7-15)19(32)21(34)24-25-10-8-17(29)26-9-2-3-16(27(26)22(25)35)20(33)23-14(12-28)11-18(30)31/h4-7,12,14,16H,2-3,8-11H2,1H3,(H,23,33)(H,24,34)(H,30,31)/t14-,16-/m0/s1. The number of hydrogen-bond donors (Lipinski definition) is 3. The van der Waals surface area contributed by atoms with Crippen molar-refractivity contribution in [3.63, 3.8) is 0 Å². The highest BCUT2D eigenvalue weighted by atomic mass is 16.5. The lowest BCUT2D eigenvalue weighted by Gasteiger charge is -2.42. The Morgan fingerprint density at radius 2 is 1.86 bits per heavy atom. The van der Waals surface area contributed by atoms with E-state index in [1.165, 1.54) is 31.4 Å². The summed E-state index contributed by atoms with van der Waals surface area (Å²) in [5.41, 5.74) is 2.25. The summed E-state index contributed by atoms with van der Waals surface area (Å²) in [6, 6.07) is 2.22. The summed E-state index contributed by atoms with van der Waals surface area (Å²) in [7, 11) is 1.44. The van der Waals surface area contributed by atoms with Crippen LogP contribution in [0.3, 0.4) is 0 Å². The van der Waals surface area contributed by atoms with Gasteiger partial charge in [0.15, 0.2) is 0 Å². The molecule has 1 aromatic rings.